The lowest BCUT2D eigenvalue weighted by Gasteiger charge is -2.32. The molecule has 5 nitrogen and oxygen atoms in total. The van der Waals surface area contributed by atoms with E-state index >= 15 is 0 Å². The normalized spacial score (nSPS) is 16.6. The average Bonchev–Trinajstić information content (AvgIpc) is 2.72. The van der Waals surface area contributed by atoms with E-state index in [1.54, 1.807) is 29.2 Å². The van der Waals surface area contributed by atoms with Crippen molar-refractivity contribution in [2.45, 2.75) is 39.3 Å². The van der Waals surface area contributed by atoms with Gasteiger partial charge in [0.2, 0.25) is 5.91 Å². The van der Waals surface area contributed by atoms with E-state index in [0.717, 1.165) is 24.2 Å². The summed E-state index contributed by atoms with van der Waals surface area (Å²) in [5.41, 5.74) is 1.49. The van der Waals surface area contributed by atoms with E-state index in [2.05, 4.69) is 5.32 Å². The van der Waals surface area contributed by atoms with Gasteiger partial charge in [-0.25, -0.2) is 0 Å². The summed E-state index contributed by atoms with van der Waals surface area (Å²) in [4.78, 5) is 27.2. The van der Waals surface area contributed by atoms with E-state index in [1.165, 1.54) is 0 Å². The summed E-state index contributed by atoms with van der Waals surface area (Å²) in [6, 6.07) is 14.7. The molecule has 1 atom stereocenters. The predicted octanol–water partition coefficient (Wildman–Crippen LogP) is 4.30. The Kier molecular flexibility index (Phi) is 7.15. The minimum absolute atomic E-state index is 0.0239. The number of nitrogens with one attached hydrogen (secondary N) is 1. The zero-order chi connectivity index (χ0) is 20.8. The van der Waals surface area contributed by atoms with E-state index in [4.69, 9.17) is 16.3 Å². The second-order valence-electron chi connectivity index (χ2n) is 7.60. The first kappa shape index (κ1) is 21.2. The predicted molar refractivity (Wildman–Crippen MR) is 114 cm³/mol. The van der Waals surface area contributed by atoms with Gasteiger partial charge in [-0.3, -0.25) is 9.59 Å². The van der Waals surface area contributed by atoms with E-state index < -0.39 is 0 Å². The molecule has 0 radical (unpaired) electrons. The van der Waals surface area contributed by atoms with Gasteiger partial charge >= 0.3 is 0 Å². The molecule has 2 aromatic rings. The van der Waals surface area contributed by atoms with E-state index in [1.807, 2.05) is 38.1 Å². The number of halogens is 1. The monoisotopic (exact) mass is 414 g/mol. The van der Waals surface area contributed by atoms with Crippen LogP contribution in [0.3, 0.4) is 0 Å². The molecule has 1 fully saturated rings. The molecule has 154 valence electrons. The number of rotatable bonds is 6. The zero-order valence-electron chi connectivity index (χ0n) is 16.9. The van der Waals surface area contributed by atoms with Crippen molar-refractivity contribution >= 4 is 23.4 Å². The molecule has 0 aliphatic carbocycles. The zero-order valence-corrected chi connectivity index (χ0v) is 17.6. The van der Waals surface area contributed by atoms with Gasteiger partial charge in [0.05, 0.1) is 22.6 Å². The summed E-state index contributed by atoms with van der Waals surface area (Å²) < 4.78 is 5.63. The van der Waals surface area contributed by atoms with Crippen LogP contribution >= 0.6 is 11.6 Å². The van der Waals surface area contributed by atoms with Gasteiger partial charge in [-0.2, -0.15) is 0 Å². The molecule has 0 spiro atoms. The van der Waals surface area contributed by atoms with Crippen molar-refractivity contribution in [3.05, 3.63) is 64.7 Å². The maximum absolute atomic E-state index is 12.8. The van der Waals surface area contributed by atoms with Crippen molar-refractivity contribution in [2.24, 2.45) is 5.92 Å². The van der Waals surface area contributed by atoms with Gasteiger partial charge in [-0.1, -0.05) is 35.9 Å². The molecule has 2 aromatic carbocycles. The maximum atomic E-state index is 12.8. The first-order chi connectivity index (χ1) is 13.9. The van der Waals surface area contributed by atoms with E-state index in [0.29, 0.717) is 30.2 Å². The van der Waals surface area contributed by atoms with Crippen LogP contribution in [0, 0.1) is 5.92 Å². The summed E-state index contributed by atoms with van der Waals surface area (Å²) in [6.07, 6.45) is 1.71. The SMILES string of the molecule is CC(C)Oc1ccc(CNC(=O)C2CCCN(C(=O)c3ccccc3Cl)C2)cc1. The lowest BCUT2D eigenvalue weighted by atomic mass is 9.96. The van der Waals surface area contributed by atoms with Crippen LogP contribution in [0.2, 0.25) is 5.02 Å². The Morgan fingerprint density at radius 1 is 1.17 bits per heavy atom. The highest BCUT2D eigenvalue weighted by Gasteiger charge is 2.29. The summed E-state index contributed by atoms with van der Waals surface area (Å²) in [5.74, 6) is 0.466. The Balaban J connectivity index is 1.54. The molecular weight excluding hydrogens is 388 g/mol. The summed E-state index contributed by atoms with van der Waals surface area (Å²) >= 11 is 6.16. The van der Waals surface area contributed by atoms with Crippen LogP contribution in [0.25, 0.3) is 0 Å². The van der Waals surface area contributed by atoms with Crippen molar-refractivity contribution in [1.29, 1.82) is 0 Å². The lowest BCUT2D eigenvalue weighted by molar-refractivity contribution is -0.126. The van der Waals surface area contributed by atoms with E-state index in [-0.39, 0.29) is 23.8 Å². The van der Waals surface area contributed by atoms with Gasteiger partial charge in [0.25, 0.3) is 5.91 Å². The van der Waals surface area contributed by atoms with Crippen molar-refractivity contribution in [3.8, 4) is 5.75 Å². The van der Waals surface area contributed by atoms with Gasteiger partial charge in [-0.15, -0.1) is 0 Å². The van der Waals surface area contributed by atoms with Crippen LogP contribution in [0.1, 0.15) is 42.6 Å². The molecule has 1 saturated heterocycles. The largest absolute Gasteiger partial charge is 0.491 e. The molecule has 0 saturated carbocycles. The maximum Gasteiger partial charge on any atom is 0.255 e. The molecule has 0 bridgehead atoms. The highest BCUT2D eigenvalue weighted by Crippen LogP contribution is 2.22. The fraction of sp³-hybridized carbons (Fsp3) is 0.391. The fourth-order valence-corrected chi connectivity index (χ4v) is 3.69. The van der Waals surface area contributed by atoms with Crippen LogP contribution in [0.4, 0.5) is 0 Å². The third kappa shape index (κ3) is 5.73. The van der Waals surface area contributed by atoms with Gasteiger partial charge in [0.1, 0.15) is 5.75 Å². The van der Waals surface area contributed by atoms with Crippen molar-refractivity contribution in [1.82, 2.24) is 10.2 Å². The quantitative estimate of drug-likeness (QED) is 0.766. The van der Waals surface area contributed by atoms with Crippen LogP contribution in [-0.4, -0.2) is 35.9 Å². The number of piperidine rings is 1. The molecule has 1 aliphatic rings. The number of hydrogen-bond acceptors (Lipinski definition) is 3. The number of benzene rings is 2. The molecule has 1 aliphatic heterocycles. The highest BCUT2D eigenvalue weighted by atomic mass is 35.5. The van der Waals surface area contributed by atoms with Crippen molar-refractivity contribution in [3.63, 3.8) is 0 Å². The van der Waals surface area contributed by atoms with Crippen LogP contribution in [0.5, 0.6) is 5.75 Å². The average molecular weight is 415 g/mol. The van der Waals surface area contributed by atoms with E-state index in [9.17, 15) is 9.59 Å². The molecule has 1 heterocycles. The first-order valence-electron chi connectivity index (χ1n) is 10.0. The molecular formula is C23H27ClN2O3. The van der Waals surface area contributed by atoms with Gasteiger partial charge in [-0.05, 0) is 56.5 Å². The molecule has 29 heavy (non-hydrogen) atoms. The number of hydrogen-bond donors (Lipinski definition) is 1. The van der Waals surface area contributed by atoms with Crippen molar-refractivity contribution in [2.75, 3.05) is 13.1 Å². The Hall–Kier alpha value is -2.53. The third-order valence-electron chi connectivity index (χ3n) is 4.95. The molecule has 0 aromatic heterocycles. The third-order valence-corrected chi connectivity index (χ3v) is 5.28. The van der Waals surface area contributed by atoms with Crippen LogP contribution in [-0.2, 0) is 11.3 Å². The second-order valence-corrected chi connectivity index (χ2v) is 8.01. The number of ether oxygens (including phenoxy) is 1. The molecule has 3 rings (SSSR count). The van der Waals surface area contributed by atoms with Gasteiger partial charge in [0, 0.05) is 19.6 Å². The number of nitrogens with zero attached hydrogens (tertiary/aromatic N) is 1. The summed E-state index contributed by atoms with van der Waals surface area (Å²) in [7, 11) is 0. The minimum atomic E-state index is -0.210. The Morgan fingerprint density at radius 3 is 2.59 bits per heavy atom. The van der Waals surface area contributed by atoms with Gasteiger partial charge < -0.3 is 15.0 Å². The molecule has 2 amide bonds. The van der Waals surface area contributed by atoms with Crippen LogP contribution < -0.4 is 10.1 Å². The fourth-order valence-electron chi connectivity index (χ4n) is 3.47. The summed E-state index contributed by atoms with van der Waals surface area (Å²) in [6.45, 7) is 5.48. The minimum Gasteiger partial charge on any atom is -0.491 e. The van der Waals surface area contributed by atoms with Crippen molar-refractivity contribution < 1.29 is 14.3 Å². The smallest absolute Gasteiger partial charge is 0.255 e. The number of carbonyl (C=O) groups is 2. The topological polar surface area (TPSA) is 58.6 Å². The Bertz CT molecular complexity index is 851. The lowest BCUT2D eigenvalue weighted by Crippen LogP contribution is -2.45. The molecule has 6 heteroatoms. The Morgan fingerprint density at radius 2 is 1.90 bits per heavy atom. The van der Waals surface area contributed by atoms with Gasteiger partial charge in [0.15, 0.2) is 0 Å². The highest BCUT2D eigenvalue weighted by molar-refractivity contribution is 6.33. The Labute approximate surface area is 177 Å². The first-order valence-corrected chi connectivity index (χ1v) is 10.4. The molecule has 1 N–H and O–H groups in total. The number of likely N-dealkylation sites (tertiary alicyclic amines) is 1. The number of amides is 2. The standard InChI is InChI=1S/C23H27ClN2O3/c1-16(2)29-19-11-9-17(10-12-19)14-25-22(27)18-6-5-13-26(15-18)23(28)20-7-3-4-8-21(20)24/h3-4,7-12,16,18H,5-6,13-15H2,1-2H3,(H,25,27). The second kappa shape index (κ2) is 9.79. The van der Waals surface area contributed by atoms with Crippen LogP contribution in [0.15, 0.2) is 48.5 Å². The number of carbonyl (C=O) groups excluding carboxylic acids is 2. The summed E-state index contributed by atoms with van der Waals surface area (Å²) in [5, 5.41) is 3.43. The molecule has 1 unspecified atom stereocenters.